The first-order chi connectivity index (χ1) is 11.5. The molecule has 1 fully saturated rings. The van der Waals surface area contributed by atoms with Gasteiger partial charge in [0.25, 0.3) is 0 Å². The Morgan fingerprint density at radius 3 is 2.75 bits per heavy atom. The smallest absolute Gasteiger partial charge is 0.227 e. The number of amides is 1. The lowest BCUT2D eigenvalue weighted by Gasteiger charge is -2.33. The molecule has 126 valence electrons. The molecule has 24 heavy (non-hydrogen) atoms. The van der Waals surface area contributed by atoms with Gasteiger partial charge in [-0.15, -0.1) is 0 Å². The van der Waals surface area contributed by atoms with Crippen molar-refractivity contribution >= 4 is 5.91 Å². The van der Waals surface area contributed by atoms with Crippen molar-refractivity contribution in [1.29, 1.82) is 0 Å². The van der Waals surface area contributed by atoms with Crippen molar-refractivity contribution in [1.82, 2.24) is 14.9 Å². The molecule has 3 rings (SSSR count). The summed E-state index contributed by atoms with van der Waals surface area (Å²) in [6, 6.07) is 7.92. The zero-order valence-electron chi connectivity index (χ0n) is 13.8. The summed E-state index contributed by atoms with van der Waals surface area (Å²) < 4.78 is 18.7. The fraction of sp³-hybridized carbons (Fsp3) is 0.389. The fourth-order valence-electron chi connectivity index (χ4n) is 2.85. The number of carbonyl (C=O) groups excluding carboxylic acids is 1. The number of nitrogens with zero attached hydrogens (tertiary/aromatic N) is 3. The standard InChI is InChI=1S/C18H20FN3O2/c1-12-9-16(21-13(2)20-12)17-11-22(7-8-24-17)18(23)10-14-3-5-15(19)6-4-14/h3-6,9,17H,7-8,10-11H2,1-2H3. The van der Waals surface area contributed by atoms with Gasteiger partial charge in [-0.2, -0.15) is 0 Å². The van der Waals surface area contributed by atoms with Crippen molar-refractivity contribution in [2.45, 2.75) is 26.4 Å². The molecule has 1 atom stereocenters. The first kappa shape index (κ1) is 16.5. The number of morpholine rings is 1. The van der Waals surface area contributed by atoms with Gasteiger partial charge in [0.2, 0.25) is 5.91 Å². The van der Waals surface area contributed by atoms with E-state index in [0.717, 1.165) is 17.0 Å². The monoisotopic (exact) mass is 329 g/mol. The van der Waals surface area contributed by atoms with E-state index >= 15 is 0 Å². The molecule has 1 aliphatic heterocycles. The lowest BCUT2D eigenvalue weighted by atomic mass is 10.1. The molecule has 1 aliphatic rings. The summed E-state index contributed by atoms with van der Waals surface area (Å²) in [7, 11) is 0. The van der Waals surface area contributed by atoms with Crippen LogP contribution in [0.2, 0.25) is 0 Å². The number of rotatable bonds is 3. The van der Waals surface area contributed by atoms with E-state index in [4.69, 9.17) is 4.74 Å². The summed E-state index contributed by atoms with van der Waals surface area (Å²) >= 11 is 0. The van der Waals surface area contributed by atoms with Crippen molar-refractivity contribution in [3.63, 3.8) is 0 Å². The van der Waals surface area contributed by atoms with Crippen molar-refractivity contribution < 1.29 is 13.9 Å². The second kappa shape index (κ2) is 7.05. The highest BCUT2D eigenvalue weighted by Gasteiger charge is 2.26. The van der Waals surface area contributed by atoms with Crippen LogP contribution in [-0.4, -0.2) is 40.5 Å². The minimum Gasteiger partial charge on any atom is -0.368 e. The Labute approximate surface area is 140 Å². The molecular weight excluding hydrogens is 309 g/mol. The van der Waals surface area contributed by atoms with Crippen LogP contribution in [0.25, 0.3) is 0 Å². The molecule has 0 radical (unpaired) electrons. The zero-order valence-corrected chi connectivity index (χ0v) is 13.8. The Balaban J connectivity index is 1.68. The molecule has 0 bridgehead atoms. The van der Waals surface area contributed by atoms with E-state index in [-0.39, 0.29) is 24.2 Å². The number of carbonyl (C=O) groups is 1. The third kappa shape index (κ3) is 3.94. The minimum absolute atomic E-state index is 0.0115. The van der Waals surface area contributed by atoms with Gasteiger partial charge in [-0.3, -0.25) is 4.79 Å². The van der Waals surface area contributed by atoms with Crippen LogP contribution in [0, 0.1) is 19.7 Å². The number of hydrogen-bond donors (Lipinski definition) is 0. The molecule has 2 heterocycles. The van der Waals surface area contributed by atoms with Crippen LogP contribution in [0.5, 0.6) is 0 Å². The minimum atomic E-state index is -0.299. The van der Waals surface area contributed by atoms with Crippen LogP contribution in [0.4, 0.5) is 4.39 Å². The Kier molecular flexibility index (Phi) is 4.85. The summed E-state index contributed by atoms with van der Waals surface area (Å²) in [6.07, 6.45) is 0.0192. The highest BCUT2D eigenvalue weighted by molar-refractivity contribution is 5.78. The third-order valence-electron chi connectivity index (χ3n) is 4.00. The van der Waals surface area contributed by atoms with Crippen molar-refractivity contribution in [2.24, 2.45) is 0 Å². The summed E-state index contributed by atoms with van der Waals surface area (Å²) in [5, 5.41) is 0. The van der Waals surface area contributed by atoms with E-state index in [0.29, 0.717) is 25.5 Å². The number of aromatic nitrogens is 2. The van der Waals surface area contributed by atoms with Gasteiger partial charge in [-0.1, -0.05) is 12.1 Å². The Morgan fingerprint density at radius 2 is 2.04 bits per heavy atom. The third-order valence-corrected chi connectivity index (χ3v) is 4.00. The van der Waals surface area contributed by atoms with Gasteiger partial charge in [0, 0.05) is 12.2 Å². The van der Waals surface area contributed by atoms with Crippen LogP contribution >= 0.6 is 0 Å². The number of benzene rings is 1. The van der Waals surface area contributed by atoms with Crippen LogP contribution < -0.4 is 0 Å². The topological polar surface area (TPSA) is 55.3 Å². The molecule has 1 aromatic carbocycles. The van der Waals surface area contributed by atoms with E-state index in [1.807, 2.05) is 19.9 Å². The molecule has 5 nitrogen and oxygen atoms in total. The second-order valence-electron chi connectivity index (χ2n) is 5.98. The van der Waals surface area contributed by atoms with Crippen LogP contribution in [-0.2, 0) is 16.0 Å². The molecule has 0 aliphatic carbocycles. The lowest BCUT2D eigenvalue weighted by molar-refractivity contribution is -0.138. The molecule has 2 aromatic rings. The van der Waals surface area contributed by atoms with Gasteiger partial charge in [-0.25, -0.2) is 14.4 Å². The Hall–Kier alpha value is -2.34. The van der Waals surface area contributed by atoms with Gasteiger partial charge in [0.15, 0.2) is 0 Å². The van der Waals surface area contributed by atoms with Crippen molar-refractivity contribution in [2.75, 3.05) is 19.7 Å². The van der Waals surface area contributed by atoms with E-state index < -0.39 is 0 Å². The summed E-state index contributed by atoms with van der Waals surface area (Å²) in [4.78, 5) is 23.0. The highest BCUT2D eigenvalue weighted by atomic mass is 19.1. The first-order valence-corrected chi connectivity index (χ1v) is 7.97. The van der Waals surface area contributed by atoms with E-state index in [1.165, 1.54) is 12.1 Å². The number of hydrogen-bond acceptors (Lipinski definition) is 4. The molecule has 0 spiro atoms. The molecule has 0 N–H and O–H groups in total. The van der Waals surface area contributed by atoms with Crippen molar-refractivity contribution in [3.8, 4) is 0 Å². The van der Waals surface area contributed by atoms with Crippen LogP contribution in [0.3, 0.4) is 0 Å². The van der Waals surface area contributed by atoms with Gasteiger partial charge < -0.3 is 9.64 Å². The predicted molar refractivity (Wildman–Crippen MR) is 86.9 cm³/mol. The van der Waals surface area contributed by atoms with E-state index in [1.54, 1.807) is 17.0 Å². The van der Waals surface area contributed by atoms with Crippen LogP contribution in [0.15, 0.2) is 30.3 Å². The quantitative estimate of drug-likeness (QED) is 0.867. The number of ether oxygens (including phenoxy) is 1. The molecule has 6 heteroatoms. The average molecular weight is 329 g/mol. The maximum atomic E-state index is 13.0. The van der Waals surface area contributed by atoms with Gasteiger partial charge in [0.1, 0.15) is 17.7 Å². The van der Waals surface area contributed by atoms with E-state index in [2.05, 4.69) is 9.97 Å². The Morgan fingerprint density at radius 1 is 1.29 bits per heavy atom. The largest absolute Gasteiger partial charge is 0.368 e. The molecular formula is C18H20FN3O2. The average Bonchev–Trinajstić information content (AvgIpc) is 2.56. The molecule has 1 unspecified atom stereocenters. The van der Waals surface area contributed by atoms with Gasteiger partial charge >= 0.3 is 0 Å². The second-order valence-corrected chi connectivity index (χ2v) is 5.98. The zero-order chi connectivity index (χ0) is 17.1. The Bertz CT molecular complexity index is 713. The SMILES string of the molecule is Cc1cc(C2CN(C(=O)Cc3ccc(F)cc3)CCO2)nc(C)n1. The first-order valence-electron chi connectivity index (χ1n) is 7.97. The molecule has 0 saturated carbocycles. The summed E-state index contributed by atoms with van der Waals surface area (Å²) in [5.41, 5.74) is 2.49. The fourth-order valence-corrected chi connectivity index (χ4v) is 2.85. The maximum absolute atomic E-state index is 13.0. The molecule has 1 amide bonds. The molecule has 1 saturated heterocycles. The van der Waals surface area contributed by atoms with Crippen molar-refractivity contribution in [3.05, 3.63) is 58.9 Å². The van der Waals surface area contributed by atoms with Crippen LogP contribution in [0.1, 0.15) is 28.9 Å². The van der Waals surface area contributed by atoms with Gasteiger partial charge in [-0.05, 0) is 37.6 Å². The molecule has 1 aromatic heterocycles. The maximum Gasteiger partial charge on any atom is 0.227 e. The summed E-state index contributed by atoms with van der Waals surface area (Å²) in [6.45, 7) is 5.26. The van der Waals surface area contributed by atoms with Gasteiger partial charge in [0.05, 0.1) is 25.3 Å². The van der Waals surface area contributed by atoms with E-state index in [9.17, 15) is 9.18 Å². The lowest BCUT2D eigenvalue weighted by Crippen LogP contribution is -2.43. The summed E-state index contributed by atoms with van der Waals surface area (Å²) in [5.74, 6) is 0.410. The number of aryl methyl sites for hydroxylation is 2. The predicted octanol–water partition coefficient (Wildman–Crippen LogP) is 2.38. The highest BCUT2D eigenvalue weighted by Crippen LogP contribution is 2.22. The normalized spacial score (nSPS) is 17.8. The number of halogens is 1.